The van der Waals surface area contributed by atoms with Gasteiger partial charge in [-0.1, -0.05) is 51.1 Å². The van der Waals surface area contributed by atoms with Gasteiger partial charge in [-0.25, -0.2) is 8.42 Å². The van der Waals surface area contributed by atoms with E-state index in [4.69, 9.17) is 9.47 Å². The molecule has 0 aromatic heterocycles. The van der Waals surface area contributed by atoms with Crippen molar-refractivity contribution in [2.45, 2.75) is 37.2 Å². The molecule has 3 rings (SSSR count). The molecule has 1 saturated heterocycles. The molecule has 1 N–H and O–H groups in total. The first-order valence-corrected chi connectivity index (χ1v) is 9.71. The van der Waals surface area contributed by atoms with Crippen LogP contribution in [0, 0.1) is 0 Å². The lowest BCUT2D eigenvalue weighted by Crippen LogP contribution is -2.20. The highest BCUT2D eigenvalue weighted by Gasteiger charge is 2.30. The van der Waals surface area contributed by atoms with E-state index in [0.717, 1.165) is 5.56 Å². The van der Waals surface area contributed by atoms with Crippen molar-refractivity contribution >= 4 is 15.7 Å². The summed E-state index contributed by atoms with van der Waals surface area (Å²) in [6.45, 7) is 7.10. The number of anilines is 1. The summed E-state index contributed by atoms with van der Waals surface area (Å²) in [5, 5.41) is 0. The quantitative estimate of drug-likeness (QED) is 0.799. The number of epoxide rings is 1. The van der Waals surface area contributed by atoms with Gasteiger partial charge >= 0.3 is 0 Å². The number of nitrogens with one attached hydrogen (secondary N) is 1. The van der Waals surface area contributed by atoms with Crippen molar-refractivity contribution in [1.29, 1.82) is 0 Å². The van der Waals surface area contributed by atoms with Crippen LogP contribution in [0.15, 0.2) is 53.4 Å². The predicted molar refractivity (Wildman–Crippen MR) is 97.6 cm³/mol. The lowest BCUT2D eigenvalue weighted by atomic mass is 9.86. The van der Waals surface area contributed by atoms with E-state index < -0.39 is 10.0 Å². The number of rotatable bonds is 6. The minimum atomic E-state index is -3.77. The second kappa shape index (κ2) is 6.69. The second-order valence-electron chi connectivity index (χ2n) is 7.12. The Balaban J connectivity index is 2.01. The van der Waals surface area contributed by atoms with Crippen LogP contribution in [-0.4, -0.2) is 27.7 Å². The largest absolute Gasteiger partial charge is 0.489 e. The fourth-order valence-corrected chi connectivity index (χ4v) is 3.75. The van der Waals surface area contributed by atoms with E-state index in [1.807, 2.05) is 32.9 Å². The molecule has 134 valence electrons. The lowest BCUT2D eigenvalue weighted by molar-refractivity contribution is 0.253. The summed E-state index contributed by atoms with van der Waals surface area (Å²) < 4.78 is 39.6. The van der Waals surface area contributed by atoms with Gasteiger partial charge in [0.15, 0.2) is 0 Å². The SMILES string of the molecule is CC(C)(C)c1cccc(S(=O)(=O)Nc2ccccc2)c1OCC1CO1. The molecule has 0 aliphatic carbocycles. The first-order valence-electron chi connectivity index (χ1n) is 8.23. The molecule has 0 spiro atoms. The van der Waals surface area contributed by atoms with Crippen molar-refractivity contribution < 1.29 is 17.9 Å². The normalized spacial score (nSPS) is 17.2. The molecule has 1 unspecified atom stereocenters. The van der Waals surface area contributed by atoms with Gasteiger partial charge in [-0.2, -0.15) is 0 Å². The van der Waals surface area contributed by atoms with E-state index in [1.165, 1.54) is 0 Å². The van der Waals surface area contributed by atoms with Crippen molar-refractivity contribution in [3.05, 3.63) is 54.1 Å². The van der Waals surface area contributed by atoms with Crippen LogP contribution in [0.25, 0.3) is 0 Å². The molecule has 0 radical (unpaired) electrons. The molecule has 1 heterocycles. The lowest BCUT2D eigenvalue weighted by Gasteiger charge is -2.24. The second-order valence-corrected chi connectivity index (χ2v) is 8.77. The molecule has 1 aliphatic heterocycles. The first kappa shape index (κ1) is 17.8. The molecule has 5 nitrogen and oxygen atoms in total. The summed E-state index contributed by atoms with van der Waals surface area (Å²) in [6.07, 6.45) is 0.0469. The van der Waals surface area contributed by atoms with Crippen LogP contribution in [0.1, 0.15) is 26.3 Å². The molecule has 2 aromatic carbocycles. The van der Waals surface area contributed by atoms with Gasteiger partial charge in [0.25, 0.3) is 10.0 Å². The van der Waals surface area contributed by atoms with Crippen LogP contribution >= 0.6 is 0 Å². The minimum absolute atomic E-state index is 0.0469. The number of para-hydroxylation sites is 2. The summed E-state index contributed by atoms with van der Waals surface area (Å²) in [5.41, 5.74) is 1.11. The fourth-order valence-electron chi connectivity index (χ4n) is 2.52. The van der Waals surface area contributed by atoms with E-state index in [1.54, 1.807) is 36.4 Å². The maximum Gasteiger partial charge on any atom is 0.265 e. The molecule has 6 heteroatoms. The zero-order valence-electron chi connectivity index (χ0n) is 14.7. The number of hydrogen-bond acceptors (Lipinski definition) is 4. The molecule has 0 saturated carbocycles. The van der Waals surface area contributed by atoms with Crippen molar-refractivity contribution in [3.8, 4) is 5.75 Å². The highest BCUT2D eigenvalue weighted by atomic mass is 32.2. The summed E-state index contributed by atoms with van der Waals surface area (Å²) in [5.74, 6) is 0.397. The molecule has 1 fully saturated rings. The van der Waals surface area contributed by atoms with Crippen molar-refractivity contribution in [2.75, 3.05) is 17.9 Å². The van der Waals surface area contributed by atoms with E-state index >= 15 is 0 Å². The Morgan fingerprint density at radius 3 is 2.40 bits per heavy atom. The standard InChI is InChI=1S/C19H23NO4S/c1-19(2,3)16-10-7-11-17(18(16)24-13-15-12-23-15)25(21,22)20-14-8-5-4-6-9-14/h4-11,15,20H,12-13H2,1-3H3. The molecule has 0 bridgehead atoms. The Bertz CT molecular complexity index is 837. The molecular formula is C19H23NO4S. The van der Waals surface area contributed by atoms with Gasteiger partial charge in [0.1, 0.15) is 23.4 Å². The Hall–Kier alpha value is -2.05. The molecule has 1 atom stereocenters. The van der Waals surface area contributed by atoms with Crippen LogP contribution in [0.2, 0.25) is 0 Å². The Kier molecular flexibility index (Phi) is 4.75. The number of sulfonamides is 1. The highest BCUT2D eigenvalue weighted by Crippen LogP contribution is 2.37. The van der Waals surface area contributed by atoms with Gasteiger partial charge < -0.3 is 9.47 Å². The Labute approximate surface area is 149 Å². The van der Waals surface area contributed by atoms with Crippen LogP contribution in [0.4, 0.5) is 5.69 Å². The molecule has 1 aliphatic rings. The zero-order valence-corrected chi connectivity index (χ0v) is 15.5. The summed E-state index contributed by atoms with van der Waals surface area (Å²) in [4.78, 5) is 0.143. The van der Waals surface area contributed by atoms with Crippen LogP contribution in [-0.2, 0) is 20.2 Å². The third-order valence-corrected chi connectivity index (χ3v) is 5.32. The van der Waals surface area contributed by atoms with Gasteiger partial charge in [0.2, 0.25) is 0 Å². The topological polar surface area (TPSA) is 67.9 Å². The van der Waals surface area contributed by atoms with Crippen molar-refractivity contribution in [1.82, 2.24) is 0 Å². The Morgan fingerprint density at radius 1 is 1.12 bits per heavy atom. The third-order valence-electron chi connectivity index (χ3n) is 3.92. The molecule has 25 heavy (non-hydrogen) atoms. The summed E-state index contributed by atoms with van der Waals surface area (Å²) >= 11 is 0. The number of ether oxygens (including phenoxy) is 2. The van der Waals surface area contributed by atoms with Crippen LogP contribution in [0.3, 0.4) is 0 Å². The van der Waals surface area contributed by atoms with Gasteiger partial charge in [0, 0.05) is 11.3 Å². The van der Waals surface area contributed by atoms with Crippen molar-refractivity contribution in [2.24, 2.45) is 0 Å². The fraction of sp³-hybridized carbons (Fsp3) is 0.368. The van der Waals surface area contributed by atoms with E-state index in [-0.39, 0.29) is 16.4 Å². The average Bonchev–Trinajstić information content (AvgIpc) is 3.36. The number of benzene rings is 2. The molecular weight excluding hydrogens is 338 g/mol. The van der Waals surface area contributed by atoms with E-state index in [0.29, 0.717) is 24.7 Å². The predicted octanol–water partition coefficient (Wildman–Crippen LogP) is 3.56. The number of hydrogen-bond donors (Lipinski definition) is 1. The summed E-state index contributed by atoms with van der Waals surface area (Å²) in [7, 11) is -3.77. The maximum absolute atomic E-state index is 12.9. The monoisotopic (exact) mass is 361 g/mol. The van der Waals surface area contributed by atoms with Crippen LogP contribution < -0.4 is 9.46 Å². The van der Waals surface area contributed by atoms with E-state index in [2.05, 4.69) is 4.72 Å². The van der Waals surface area contributed by atoms with Gasteiger partial charge in [-0.05, 0) is 23.6 Å². The molecule has 0 amide bonds. The van der Waals surface area contributed by atoms with Gasteiger partial charge in [0.05, 0.1) is 6.61 Å². The molecule has 2 aromatic rings. The zero-order chi connectivity index (χ0) is 18.1. The summed E-state index contributed by atoms with van der Waals surface area (Å²) in [6, 6.07) is 14.1. The van der Waals surface area contributed by atoms with Crippen LogP contribution in [0.5, 0.6) is 5.75 Å². The van der Waals surface area contributed by atoms with Crippen molar-refractivity contribution in [3.63, 3.8) is 0 Å². The minimum Gasteiger partial charge on any atom is -0.489 e. The maximum atomic E-state index is 12.9. The Morgan fingerprint density at radius 2 is 1.80 bits per heavy atom. The first-order chi connectivity index (χ1) is 11.8. The third kappa shape index (κ3) is 4.32. The van der Waals surface area contributed by atoms with Gasteiger partial charge in [-0.15, -0.1) is 0 Å². The highest BCUT2D eigenvalue weighted by molar-refractivity contribution is 7.92. The van der Waals surface area contributed by atoms with Gasteiger partial charge in [-0.3, -0.25) is 4.72 Å². The average molecular weight is 361 g/mol. The van der Waals surface area contributed by atoms with E-state index in [9.17, 15) is 8.42 Å². The smallest absolute Gasteiger partial charge is 0.265 e.